The average Bonchev–Trinajstić information content (AvgIpc) is 2.23. The first-order valence-electron chi connectivity index (χ1n) is 6.29. The molecule has 2 aliphatic heterocycles. The van der Waals surface area contributed by atoms with Gasteiger partial charge in [-0.1, -0.05) is 0 Å². The molecule has 3 nitrogen and oxygen atoms in total. The van der Waals surface area contributed by atoms with Crippen LogP contribution < -0.4 is 0 Å². The molecule has 1 unspecified atom stereocenters. The van der Waals surface area contributed by atoms with Crippen LogP contribution >= 0.6 is 0 Å². The lowest BCUT2D eigenvalue weighted by Gasteiger charge is -2.44. The second-order valence-corrected chi connectivity index (χ2v) is 5.36. The molecule has 2 saturated heterocycles. The third-order valence-electron chi connectivity index (χ3n) is 4.20. The maximum Gasteiger partial charge on any atom is 0.0192 e. The van der Waals surface area contributed by atoms with Gasteiger partial charge in [0, 0.05) is 31.7 Å². The summed E-state index contributed by atoms with van der Waals surface area (Å²) < 4.78 is 0. The molecule has 2 rings (SSSR count). The second kappa shape index (κ2) is 4.81. The fourth-order valence-corrected chi connectivity index (χ4v) is 2.77. The average molecular weight is 211 g/mol. The van der Waals surface area contributed by atoms with Crippen LogP contribution in [0.4, 0.5) is 0 Å². The highest BCUT2D eigenvalue weighted by molar-refractivity contribution is 4.84. The fraction of sp³-hybridized carbons (Fsp3) is 1.00. The third-order valence-corrected chi connectivity index (χ3v) is 4.20. The first-order chi connectivity index (χ1) is 7.16. The van der Waals surface area contributed by atoms with Crippen LogP contribution in [0.3, 0.4) is 0 Å². The predicted molar refractivity (Wildman–Crippen MR) is 64.2 cm³/mol. The summed E-state index contributed by atoms with van der Waals surface area (Å²) in [7, 11) is 4.49. The third kappa shape index (κ3) is 2.71. The monoisotopic (exact) mass is 211 g/mol. The molecule has 2 aliphatic rings. The molecule has 88 valence electrons. The highest BCUT2D eigenvalue weighted by Gasteiger charge is 2.28. The van der Waals surface area contributed by atoms with Crippen LogP contribution in [0.25, 0.3) is 0 Å². The van der Waals surface area contributed by atoms with E-state index in [1.54, 1.807) is 0 Å². The summed E-state index contributed by atoms with van der Waals surface area (Å²) in [5.74, 6) is 0. The van der Waals surface area contributed by atoms with E-state index in [-0.39, 0.29) is 0 Å². The first-order valence-corrected chi connectivity index (χ1v) is 6.29. The largest absolute Gasteiger partial charge is 0.306 e. The van der Waals surface area contributed by atoms with Gasteiger partial charge in [-0.05, 0) is 47.0 Å². The molecule has 3 heteroatoms. The van der Waals surface area contributed by atoms with Gasteiger partial charge in [0.25, 0.3) is 0 Å². The minimum atomic E-state index is 0.735. The maximum absolute atomic E-state index is 2.72. The Morgan fingerprint density at radius 3 is 2.20 bits per heavy atom. The molecule has 0 aromatic rings. The van der Waals surface area contributed by atoms with Gasteiger partial charge in [0.05, 0.1) is 0 Å². The van der Waals surface area contributed by atoms with E-state index >= 15 is 0 Å². The molecule has 0 N–H and O–H groups in total. The van der Waals surface area contributed by atoms with Crippen molar-refractivity contribution in [1.29, 1.82) is 0 Å². The summed E-state index contributed by atoms with van der Waals surface area (Å²) in [6.45, 7) is 8.70. The maximum atomic E-state index is 2.72. The van der Waals surface area contributed by atoms with Crippen molar-refractivity contribution in [3.63, 3.8) is 0 Å². The zero-order valence-electron chi connectivity index (χ0n) is 10.4. The lowest BCUT2D eigenvalue weighted by molar-refractivity contribution is 0.0463. The van der Waals surface area contributed by atoms with Gasteiger partial charge >= 0.3 is 0 Å². The number of piperazine rings is 1. The van der Waals surface area contributed by atoms with E-state index in [1.807, 2.05) is 0 Å². The van der Waals surface area contributed by atoms with Crippen LogP contribution in [0.2, 0.25) is 0 Å². The number of nitrogens with zero attached hydrogens (tertiary/aromatic N) is 3. The minimum Gasteiger partial charge on any atom is -0.306 e. The van der Waals surface area contributed by atoms with E-state index in [2.05, 4.69) is 35.7 Å². The van der Waals surface area contributed by atoms with Crippen LogP contribution in [-0.2, 0) is 0 Å². The van der Waals surface area contributed by atoms with Crippen molar-refractivity contribution in [2.45, 2.75) is 31.8 Å². The van der Waals surface area contributed by atoms with Gasteiger partial charge in [0.15, 0.2) is 0 Å². The van der Waals surface area contributed by atoms with Crippen molar-refractivity contribution in [2.75, 3.05) is 46.8 Å². The number of hydrogen-bond donors (Lipinski definition) is 0. The zero-order chi connectivity index (χ0) is 10.8. The van der Waals surface area contributed by atoms with E-state index in [9.17, 15) is 0 Å². The number of likely N-dealkylation sites (tertiary alicyclic amines) is 1. The molecular weight excluding hydrogens is 186 g/mol. The summed E-state index contributed by atoms with van der Waals surface area (Å²) in [6.07, 6.45) is 2.74. The molecule has 2 fully saturated rings. The molecule has 1 atom stereocenters. The topological polar surface area (TPSA) is 9.72 Å². The molecule has 0 bridgehead atoms. The van der Waals surface area contributed by atoms with Gasteiger partial charge < -0.3 is 9.80 Å². The number of rotatable bonds is 1. The van der Waals surface area contributed by atoms with Crippen LogP contribution in [0.1, 0.15) is 19.8 Å². The van der Waals surface area contributed by atoms with Gasteiger partial charge in [-0.25, -0.2) is 0 Å². The number of piperidine rings is 1. The molecule has 0 radical (unpaired) electrons. The number of likely N-dealkylation sites (N-methyl/N-ethyl adjacent to an activating group) is 1. The van der Waals surface area contributed by atoms with E-state index < -0.39 is 0 Å². The molecule has 0 spiro atoms. The van der Waals surface area contributed by atoms with E-state index in [0.717, 1.165) is 12.1 Å². The van der Waals surface area contributed by atoms with E-state index in [0.29, 0.717) is 0 Å². The van der Waals surface area contributed by atoms with Crippen molar-refractivity contribution in [3.8, 4) is 0 Å². The fourth-order valence-electron chi connectivity index (χ4n) is 2.77. The van der Waals surface area contributed by atoms with E-state index in [4.69, 9.17) is 0 Å². The number of hydrogen-bond acceptors (Lipinski definition) is 3. The zero-order valence-corrected chi connectivity index (χ0v) is 10.4. The molecule has 2 heterocycles. The second-order valence-electron chi connectivity index (χ2n) is 5.36. The Morgan fingerprint density at radius 1 is 0.933 bits per heavy atom. The van der Waals surface area contributed by atoms with E-state index in [1.165, 1.54) is 45.6 Å². The standard InChI is InChI=1S/C12H25N3/c1-11-10-15(9-8-14(11)3)12-4-6-13(2)7-5-12/h11-12H,4-10H2,1-3H3. The lowest BCUT2D eigenvalue weighted by Crippen LogP contribution is -2.55. The summed E-state index contributed by atoms with van der Waals surface area (Å²) in [6, 6.07) is 1.59. The Morgan fingerprint density at radius 2 is 1.60 bits per heavy atom. The van der Waals surface area contributed by atoms with Crippen molar-refractivity contribution in [2.24, 2.45) is 0 Å². The van der Waals surface area contributed by atoms with Crippen molar-refractivity contribution < 1.29 is 0 Å². The van der Waals surface area contributed by atoms with Crippen molar-refractivity contribution in [3.05, 3.63) is 0 Å². The van der Waals surface area contributed by atoms with Gasteiger partial charge in [-0.2, -0.15) is 0 Å². The molecule has 15 heavy (non-hydrogen) atoms. The Hall–Kier alpha value is -0.120. The van der Waals surface area contributed by atoms with Crippen LogP contribution in [-0.4, -0.2) is 73.6 Å². The van der Waals surface area contributed by atoms with Crippen molar-refractivity contribution in [1.82, 2.24) is 14.7 Å². The van der Waals surface area contributed by atoms with Gasteiger partial charge in [-0.3, -0.25) is 4.90 Å². The Bertz CT molecular complexity index is 199. The Labute approximate surface area is 94.0 Å². The normalized spacial score (nSPS) is 33.4. The first kappa shape index (κ1) is 11.4. The van der Waals surface area contributed by atoms with Crippen LogP contribution in [0, 0.1) is 0 Å². The highest BCUT2D eigenvalue weighted by Crippen LogP contribution is 2.18. The van der Waals surface area contributed by atoms with Gasteiger partial charge in [-0.15, -0.1) is 0 Å². The minimum absolute atomic E-state index is 0.735. The molecule has 0 aromatic carbocycles. The highest BCUT2D eigenvalue weighted by atomic mass is 15.3. The Balaban J connectivity index is 1.84. The lowest BCUT2D eigenvalue weighted by atomic mass is 10.0. The molecule has 0 amide bonds. The molecular formula is C12H25N3. The summed E-state index contributed by atoms with van der Waals surface area (Å²) in [5, 5.41) is 0. The molecule has 0 aliphatic carbocycles. The van der Waals surface area contributed by atoms with Gasteiger partial charge in [0.1, 0.15) is 0 Å². The van der Waals surface area contributed by atoms with Gasteiger partial charge in [0.2, 0.25) is 0 Å². The smallest absolute Gasteiger partial charge is 0.0192 e. The molecule has 0 aromatic heterocycles. The van der Waals surface area contributed by atoms with Crippen LogP contribution in [0.15, 0.2) is 0 Å². The quantitative estimate of drug-likeness (QED) is 0.633. The predicted octanol–water partition coefficient (Wildman–Crippen LogP) is 0.717. The summed E-state index contributed by atoms with van der Waals surface area (Å²) >= 11 is 0. The van der Waals surface area contributed by atoms with Crippen LogP contribution in [0.5, 0.6) is 0 Å². The summed E-state index contributed by atoms with van der Waals surface area (Å²) in [4.78, 5) is 7.65. The molecule has 0 saturated carbocycles. The Kier molecular flexibility index (Phi) is 3.65. The van der Waals surface area contributed by atoms with Crippen molar-refractivity contribution >= 4 is 0 Å². The SMILES string of the molecule is CC1CN(C2CCN(C)CC2)CCN1C. The summed E-state index contributed by atoms with van der Waals surface area (Å²) in [5.41, 5.74) is 0.